The highest BCUT2D eigenvalue weighted by Crippen LogP contribution is 2.48. The van der Waals surface area contributed by atoms with Crippen LogP contribution in [0.2, 0.25) is 0 Å². The van der Waals surface area contributed by atoms with E-state index in [9.17, 15) is 14.0 Å². The van der Waals surface area contributed by atoms with Crippen LogP contribution in [0.25, 0.3) is 22.0 Å². The van der Waals surface area contributed by atoms with Gasteiger partial charge in [-0.15, -0.1) is 11.8 Å². The number of aromatic nitrogens is 2. The molecule has 2 saturated heterocycles. The smallest absolute Gasteiger partial charge is 0.349 e. The lowest BCUT2D eigenvalue weighted by Crippen LogP contribution is -2.60. The lowest BCUT2D eigenvalue weighted by Gasteiger charge is -2.49. The first kappa shape index (κ1) is 27.0. The Hall–Kier alpha value is -3.17. The number of thioether (sulfide) groups is 1. The number of aryl methyl sites for hydroxylation is 1. The maximum absolute atomic E-state index is 13.9. The molecule has 1 spiro atoms. The van der Waals surface area contributed by atoms with Crippen molar-refractivity contribution in [1.82, 2.24) is 19.4 Å². The van der Waals surface area contributed by atoms with Crippen molar-refractivity contribution < 1.29 is 9.18 Å². The summed E-state index contributed by atoms with van der Waals surface area (Å²) < 4.78 is 15.8. The topological polar surface area (TPSA) is 61.7 Å². The van der Waals surface area contributed by atoms with Crippen molar-refractivity contribution in [2.24, 2.45) is 5.41 Å². The number of piperazine rings is 1. The molecular weight excluding hydrogens is 525 g/mol. The number of carbonyl (C=O) groups is 1. The number of nitrogens with zero attached hydrogens (tertiary/aromatic N) is 5. The summed E-state index contributed by atoms with van der Waals surface area (Å²) in [5.41, 5.74) is 3.75. The van der Waals surface area contributed by atoms with Crippen molar-refractivity contribution >= 4 is 34.4 Å². The zero-order chi connectivity index (χ0) is 28.3. The molecule has 2 fully saturated rings. The molecule has 2 aromatic carbocycles. The number of carbonyl (C=O) groups excluding carboxylic acids is 1. The Bertz CT molecular complexity index is 1560. The number of anilines is 1. The van der Waals surface area contributed by atoms with Crippen LogP contribution in [-0.4, -0.2) is 75.8 Å². The van der Waals surface area contributed by atoms with E-state index >= 15 is 0 Å². The lowest BCUT2D eigenvalue weighted by atomic mass is 9.81. The third kappa shape index (κ3) is 4.34. The van der Waals surface area contributed by atoms with Gasteiger partial charge in [0, 0.05) is 71.8 Å². The summed E-state index contributed by atoms with van der Waals surface area (Å²) in [4.78, 5) is 38.6. The van der Waals surface area contributed by atoms with E-state index < -0.39 is 0 Å². The van der Waals surface area contributed by atoms with Gasteiger partial charge in [0.1, 0.15) is 11.6 Å². The van der Waals surface area contributed by atoms with Crippen LogP contribution in [0, 0.1) is 18.2 Å². The van der Waals surface area contributed by atoms with Crippen molar-refractivity contribution in [2.45, 2.75) is 51.2 Å². The minimum atomic E-state index is -0.269. The molecule has 3 aromatic rings. The fraction of sp³-hybridized carbons (Fsp3) is 0.452. The Morgan fingerprint density at radius 2 is 1.90 bits per heavy atom. The number of likely N-dealkylation sites (tertiary alicyclic amines) is 1. The van der Waals surface area contributed by atoms with Crippen molar-refractivity contribution in [2.75, 3.05) is 43.4 Å². The van der Waals surface area contributed by atoms with Gasteiger partial charge in [-0.05, 0) is 62.7 Å². The standard InChI is InChI=1S/C31H36FN5O2S/c1-6-25(38)35-13-21(5)36(14-20(35)4)29-24-12-19(3)26(22-8-10-23(32)11-9-22)28-27(24)37(30(39)33-29)17-31(18-40-28)15-34(7-2)16-31/h6,8-12,20-21H,1,7,13-18H2,2-5H3/t20-,21+/m1/s1. The second-order valence-corrected chi connectivity index (χ2v) is 12.7. The number of hydrogen-bond donors (Lipinski definition) is 0. The summed E-state index contributed by atoms with van der Waals surface area (Å²) in [6, 6.07) is 8.71. The normalized spacial score (nSPS) is 22.3. The number of hydrogen-bond acceptors (Lipinski definition) is 6. The van der Waals surface area contributed by atoms with Crippen molar-refractivity contribution in [3.05, 3.63) is 64.9 Å². The molecule has 9 heteroatoms. The average molecular weight is 562 g/mol. The molecule has 40 heavy (non-hydrogen) atoms. The lowest BCUT2D eigenvalue weighted by molar-refractivity contribution is -0.128. The molecule has 3 aliphatic rings. The molecule has 4 heterocycles. The Labute approximate surface area is 238 Å². The first-order valence-electron chi connectivity index (χ1n) is 14.0. The van der Waals surface area contributed by atoms with Gasteiger partial charge in [-0.1, -0.05) is 25.6 Å². The van der Waals surface area contributed by atoms with E-state index in [1.807, 2.05) is 40.3 Å². The predicted molar refractivity (Wildman–Crippen MR) is 160 cm³/mol. The zero-order valence-electron chi connectivity index (χ0n) is 23.6. The van der Waals surface area contributed by atoms with Gasteiger partial charge in [-0.3, -0.25) is 9.36 Å². The van der Waals surface area contributed by atoms with Crippen LogP contribution in [0.1, 0.15) is 26.3 Å². The van der Waals surface area contributed by atoms with Crippen LogP contribution in [-0.2, 0) is 11.3 Å². The molecular formula is C31H36FN5O2S. The van der Waals surface area contributed by atoms with Crippen LogP contribution in [0.3, 0.4) is 0 Å². The molecule has 0 aliphatic carbocycles. The highest BCUT2D eigenvalue weighted by atomic mass is 32.2. The Morgan fingerprint density at radius 3 is 2.58 bits per heavy atom. The van der Waals surface area contributed by atoms with Gasteiger partial charge >= 0.3 is 5.69 Å². The van der Waals surface area contributed by atoms with Gasteiger partial charge in [0.25, 0.3) is 0 Å². The predicted octanol–water partition coefficient (Wildman–Crippen LogP) is 4.55. The molecule has 0 bridgehead atoms. The van der Waals surface area contributed by atoms with E-state index in [1.165, 1.54) is 18.2 Å². The minimum Gasteiger partial charge on any atom is -0.349 e. The first-order chi connectivity index (χ1) is 19.1. The summed E-state index contributed by atoms with van der Waals surface area (Å²) in [5, 5.41) is 0.955. The molecule has 0 radical (unpaired) electrons. The van der Waals surface area contributed by atoms with E-state index in [4.69, 9.17) is 4.98 Å². The molecule has 2 atom stereocenters. The van der Waals surface area contributed by atoms with E-state index in [0.717, 1.165) is 57.9 Å². The number of halogens is 1. The molecule has 1 amide bonds. The molecule has 0 saturated carbocycles. The van der Waals surface area contributed by atoms with Crippen LogP contribution in [0.4, 0.5) is 10.2 Å². The summed E-state index contributed by atoms with van der Waals surface area (Å²) in [5.74, 6) is 1.23. The van der Waals surface area contributed by atoms with Crippen LogP contribution < -0.4 is 10.6 Å². The molecule has 0 N–H and O–H groups in total. The summed E-state index contributed by atoms with van der Waals surface area (Å²) in [6.07, 6.45) is 1.36. The van der Waals surface area contributed by atoms with E-state index in [2.05, 4.69) is 43.2 Å². The molecule has 7 nitrogen and oxygen atoms in total. The summed E-state index contributed by atoms with van der Waals surface area (Å²) >= 11 is 1.82. The zero-order valence-corrected chi connectivity index (χ0v) is 24.4. The van der Waals surface area contributed by atoms with Gasteiger partial charge in [0.2, 0.25) is 5.91 Å². The van der Waals surface area contributed by atoms with E-state index in [1.54, 1.807) is 0 Å². The van der Waals surface area contributed by atoms with Gasteiger partial charge in [-0.2, -0.15) is 4.98 Å². The number of benzene rings is 2. The SMILES string of the molecule is C=CC(=O)N1C[C@H](C)N(c2nc(=O)n3c4c(c(-c5ccc(F)cc5)c(C)cc24)SCC2(CN(CC)C2)C3)C[C@H]1C. The summed E-state index contributed by atoms with van der Waals surface area (Å²) in [7, 11) is 0. The maximum Gasteiger partial charge on any atom is 0.350 e. The van der Waals surface area contributed by atoms with Crippen molar-refractivity contribution in [3.63, 3.8) is 0 Å². The van der Waals surface area contributed by atoms with Crippen molar-refractivity contribution in [3.8, 4) is 11.1 Å². The van der Waals surface area contributed by atoms with Crippen LogP contribution in [0.15, 0.2) is 52.7 Å². The van der Waals surface area contributed by atoms with E-state index in [-0.39, 0.29) is 34.9 Å². The van der Waals surface area contributed by atoms with Crippen LogP contribution in [0.5, 0.6) is 0 Å². The van der Waals surface area contributed by atoms with Crippen LogP contribution >= 0.6 is 11.8 Å². The average Bonchev–Trinajstić information content (AvgIpc) is 3.10. The molecule has 210 valence electrons. The Morgan fingerprint density at radius 1 is 1.18 bits per heavy atom. The molecule has 1 aromatic heterocycles. The molecule has 0 unspecified atom stereocenters. The minimum absolute atomic E-state index is 0.00605. The van der Waals surface area contributed by atoms with Gasteiger partial charge in [0.15, 0.2) is 0 Å². The second-order valence-electron chi connectivity index (χ2n) is 11.7. The monoisotopic (exact) mass is 561 g/mol. The number of amides is 1. The number of rotatable bonds is 4. The second kappa shape index (κ2) is 10.0. The fourth-order valence-electron chi connectivity index (χ4n) is 6.77. The molecule has 3 aliphatic heterocycles. The Kier molecular flexibility index (Phi) is 6.78. The van der Waals surface area contributed by atoms with E-state index in [0.29, 0.717) is 25.5 Å². The maximum atomic E-state index is 13.9. The third-order valence-electron chi connectivity index (χ3n) is 8.83. The highest BCUT2D eigenvalue weighted by molar-refractivity contribution is 7.99. The summed E-state index contributed by atoms with van der Waals surface area (Å²) in [6.45, 7) is 16.7. The molecule has 6 rings (SSSR count). The van der Waals surface area contributed by atoms with Gasteiger partial charge in [0.05, 0.1) is 5.52 Å². The third-order valence-corrected chi connectivity index (χ3v) is 10.3. The largest absolute Gasteiger partial charge is 0.350 e. The highest BCUT2D eigenvalue weighted by Gasteiger charge is 2.45. The van der Waals surface area contributed by atoms with Gasteiger partial charge in [-0.25, -0.2) is 9.18 Å². The fourth-order valence-corrected chi connectivity index (χ4v) is 8.28. The quantitative estimate of drug-likeness (QED) is 0.436. The van der Waals surface area contributed by atoms with Gasteiger partial charge < -0.3 is 14.7 Å². The Balaban J connectivity index is 1.55. The first-order valence-corrected chi connectivity index (χ1v) is 15.0. The van der Waals surface area contributed by atoms with Crippen molar-refractivity contribution in [1.29, 1.82) is 0 Å².